The third-order valence-corrected chi connectivity index (χ3v) is 9.48. The average Bonchev–Trinajstić information content (AvgIpc) is 2.74. The molecule has 2 nitrogen and oxygen atoms in total. The molecule has 0 N–H and O–H groups in total. The van der Waals surface area contributed by atoms with Crippen LogP contribution in [-0.4, -0.2) is 45.0 Å². The van der Waals surface area contributed by atoms with Crippen LogP contribution in [0.3, 0.4) is 0 Å². The zero-order chi connectivity index (χ0) is 27.0. The van der Waals surface area contributed by atoms with Crippen LogP contribution < -0.4 is 0 Å². The highest BCUT2D eigenvalue weighted by Gasteiger charge is 2.47. The number of likely N-dealkylation sites (tertiary alicyclic amines) is 2. The van der Waals surface area contributed by atoms with Crippen LogP contribution in [0.2, 0.25) is 0 Å². The topological polar surface area (TPSA) is 6.48 Å². The Morgan fingerprint density at radius 1 is 0.417 bits per heavy atom. The molecule has 2 heterocycles. The van der Waals surface area contributed by atoms with E-state index in [-0.39, 0.29) is 22.2 Å². The maximum atomic E-state index is 2.87. The quantitative estimate of drug-likeness (QED) is 0.172. The lowest BCUT2D eigenvalue weighted by Gasteiger charge is -2.57. The number of nitrogens with zero attached hydrogens (tertiary/aromatic N) is 2. The van der Waals surface area contributed by atoms with Gasteiger partial charge in [-0.3, -0.25) is 9.80 Å². The van der Waals surface area contributed by atoms with Gasteiger partial charge in [0.05, 0.1) is 0 Å². The summed E-state index contributed by atoms with van der Waals surface area (Å²) >= 11 is 0. The van der Waals surface area contributed by atoms with Crippen molar-refractivity contribution < 1.29 is 0 Å². The first-order chi connectivity index (χ1) is 16.8. The summed E-state index contributed by atoms with van der Waals surface area (Å²) in [5.74, 6) is 0. The van der Waals surface area contributed by atoms with Gasteiger partial charge < -0.3 is 0 Å². The molecule has 2 aliphatic heterocycles. The lowest BCUT2D eigenvalue weighted by atomic mass is 9.69. The third kappa shape index (κ3) is 8.86. The molecule has 2 fully saturated rings. The highest BCUT2D eigenvalue weighted by Crippen LogP contribution is 2.48. The molecule has 2 rings (SSSR count). The number of hydrogen-bond acceptors (Lipinski definition) is 2. The van der Waals surface area contributed by atoms with Gasteiger partial charge in [0, 0.05) is 22.2 Å². The molecule has 0 amide bonds. The first-order valence-corrected chi connectivity index (χ1v) is 16.0. The number of hydrogen-bond donors (Lipinski definition) is 0. The van der Waals surface area contributed by atoms with Crippen LogP contribution in [0.5, 0.6) is 0 Å². The molecule has 0 aromatic rings. The molecule has 0 aliphatic carbocycles. The fourth-order valence-corrected chi connectivity index (χ4v) is 8.05. The molecule has 0 radical (unpaired) electrons. The molecular formula is C34H66N2. The van der Waals surface area contributed by atoms with Crippen LogP contribution in [0.15, 0.2) is 11.1 Å². The molecule has 0 unspecified atom stereocenters. The minimum atomic E-state index is 0.247. The molecule has 0 atom stereocenters. The Hall–Kier alpha value is -0.340. The summed E-state index contributed by atoms with van der Waals surface area (Å²) in [7, 11) is 0. The molecule has 0 bridgehead atoms. The average molecular weight is 503 g/mol. The van der Waals surface area contributed by atoms with Crippen LogP contribution in [-0.2, 0) is 0 Å². The van der Waals surface area contributed by atoms with Crippen molar-refractivity contribution in [1.82, 2.24) is 9.80 Å². The molecule has 2 heteroatoms. The molecule has 0 spiro atoms. The van der Waals surface area contributed by atoms with Crippen LogP contribution in [0.25, 0.3) is 0 Å². The smallest absolute Gasteiger partial charge is 0.0195 e. The van der Waals surface area contributed by atoms with E-state index in [1.165, 1.54) is 116 Å². The highest BCUT2D eigenvalue weighted by atomic mass is 15.3. The van der Waals surface area contributed by atoms with Crippen LogP contribution >= 0.6 is 0 Å². The van der Waals surface area contributed by atoms with Gasteiger partial charge in [-0.25, -0.2) is 0 Å². The Bertz CT molecular complexity index is 583. The van der Waals surface area contributed by atoms with Gasteiger partial charge in [0.15, 0.2) is 0 Å². The van der Waals surface area contributed by atoms with Gasteiger partial charge in [-0.2, -0.15) is 0 Å². The minimum absolute atomic E-state index is 0.247. The van der Waals surface area contributed by atoms with Crippen LogP contribution in [0.4, 0.5) is 0 Å². The van der Waals surface area contributed by atoms with Crippen molar-refractivity contribution in [2.75, 3.05) is 13.1 Å². The van der Waals surface area contributed by atoms with E-state index < -0.39 is 0 Å². The van der Waals surface area contributed by atoms with Crippen molar-refractivity contribution in [3.8, 4) is 0 Å². The van der Waals surface area contributed by atoms with E-state index in [9.17, 15) is 0 Å². The summed E-state index contributed by atoms with van der Waals surface area (Å²) in [6, 6.07) is 0. The Kier molecular flexibility index (Phi) is 12.1. The van der Waals surface area contributed by atoms with Crippen molar-refractivity contribution in [1.29, 1.82) is 0 Å². The van der Waals surface area contributed by atoms with Gasteiger partial charge in [0.25, 0.3) is 0 Å². The summed E-state index contributed by atoms with van der Waals surface area (Å²) in [5.41, 5.74) is 4.58. The largest absolute Gasteiger partial charge is 0.292 e. The molecule has 2 saturated heterocycles. The van der Waals surface area contributed by atoms with E-state index >= 15 is 0 Å². The summed E-state index contributed by atoms with van der Waals surface area (Å²) < 4.78 is 0. The zero-order valence-electron chi connectivity index (χ0n) is 26.6. The summed E-state index contributed by atoms with van der Waals surface area (Å²) in [5, 5.41) is 0. The van der Waals surface area contributed by atoms with E-state index in [4.69, 9.17) is 0 Å². The van der Waals surface area contributed by atoms with Gasteiger partial charge >= 0.3 is 0 Å². The SMILES string of the molecule is CCCCCCCCN1C(C)(C)CC(=C2CC(C)(C)N(CCCCCCCC)C(C)(C)C2)CC1(C)C. The monoisotopic (exact) mass is 503 g/mol. The first kappa shape index (κ1) is 31.9. The highest BCUT2D eigenvalue weighted by molar-refractivity contribution is 5.29. The summed E-state index contributed by atoms with van der Waals surface area (Å²) in [4.78, 5) is 5.74. The van der Waals surface area contributed by atoms with Gasteiger partial charge in [0.1, 0.15) is 0 Å². The second kappa shape index (κ2) is 13.6. The third-order valence-electron chi connectivity index (χ3n) is 9.48. The standard InChI is InChI=1S/C34H66N2/c1-11-13-15-17-19-21-23-35-31(3,4)25-29(26-32(35,5)6)30-27-33(7,8)36(34(9,10)28-30)24-22-20-18-16-14-12-2/h11-28H2,1-10H3. The molecule has 212 valence electrons. The lowest BCUT2D eigenvalue weighted by Crippen LogP contribution is -2.61. The maximum absolute atomic E-state index is 2.87. The van der Waals surface area contributed by atoms with E-state index in [0.29, 0.717) is 0 Å². The van der Waals surface area contributed by atoms with Crippen LogP contribution in [0, 0.1) is 0 Å². The Labute approximate surface area is 228 Å². The van der Waals surface area contributed by atoms with Crippen molar-refractivity contribution >= 4 is 0 Å². The van der Waals surface area contributed by atoms with Gasteiger partial charge in [0.2, 0.25) is 0 Å². The Balaban J connectivity index is 2.06. The fraction of sp³-hybridized carbons (Fsp3) is 0.941. The van der Waals surface area contributed by atoms with E-state index in [1.54, 1.807) is 11.1 Å². The molecular weight excluding hydrogens is 436 g/mol. The maximum Gasteiger partial charge on any atom is 0.0195 e. The van der Waals surface area contributed by atoms with Gasteiger partial charge in [-0.05, 0) is 107 Å². The molecule has 0 saturated carbocycles. The van der Waals surface area contributed by atoms with Crippen molar-refractivity contribution in [2.24, 2.45) is 0 Å². The lowest BCUT2D eigenvalue weighted by molar-refractivity contribution is -0.0188. The number of unbranched alkanes of at least 4 members (excludes halogenated alkanes) is 10. The summed E-state index contributed by atoms with van der Waals surface area (Å²) in [6.45, 7) is 27.3. The van der Waals surface area contributed by atoms with E-state index in [1.807, 2.05) is 0 Å². The molecule has 2 aliphatic rings. The van der Waals surface area contributed by atoms with Crippen molar-refractivity contribution in [2.45, 2.75) is 194 Å². The Morgan fingerprint density at radius 3 is 0.944 bits per heavy atom. The van der Waals surface area contributed by atoms with Crippen LogP contribution in [0.1, 0.15) is 172 Å². The zero-order valence-corrected chi connectivity index (χ0v) is 26.6. The predicted octanol–water partition coefficient (Wildman–Crippen LogP) is 10.3. The Morgan fingerprint density at radius 2 is 0.667 bits per heavy atom. The van der Waals surface area contributed by atoms with Crippen molar-refractivity contribution in [3.63, 3.8) is 0 Å². The predicted molar refractivity (Wildman–Crippen MR) is 162 cm³/mol. The fourth-order valence-electron chi connectivity index (χ4n) is 8.05. The minimum Gasteiger partial charge on any atom is -0.292 e. The van der Waals surface area contributed by atoms with E-state index in [0.717, 1.165) is 0 Å². The normalized spacial score (nSPS) is 23.8. The number of rotatable bonds is 14. The molecule has 36 heavy (non-hydrogen) atoms. The van der Waals surface area contributed by atoms with Crippen molar-refractivity contribution in [3.05, 3.63) is 11.1 Å². The molecule has 0 aromatic heterocycles. The number of piperidine rings is 2. The van der Waals surface area contributed by atoms with Gasteiger partial charge in [-0.15, -0.1) is 0 Å². The van der Waals surface area contributed by atoms with E-state index in [2.05, 4.69) is 79.0 Å². The second-order valence-electron chi connectivity index (χ2n) is 15.0. The van der Waals surface area contributed by atoms with Gasteiger partial charge in [-0.1, -0.05) is 89.2 Å². The second-order valence-corrected chi connectivity index (χ2v) is 15.0. The summed E-state index contributed by atoms with van der Waals surface area (Å²) in [6.07, 6.45) is 21.7. The first-order valence-electron chi connectivity index (χ1n) is 16.0. The molecule has 0 aromatic carbocycles.